The van der Waals surface area contributed by atoms with Crippen LogP contribution in [0.15, 0.2) is 0 Å². The Morgan fingerprint density at radius 1 is 1.38 bits per heavy atom. The molecular weight excluding hydrogens is 226 g/mol. The minimum Gasteiger partial charge on any atom is -0.326 e. The maximum atomic E-state index is 11.1. The Morgan fingerprint density at radius 2 is 1.88 bits per heavy atom. The van der Waals surface area contributed by atoms with Crippen molar-refractivity contribution in [1.29, 1.82) is 0 Å². The van der Waals surface area contributed by atoms with Crippen molar-refractivity contribution in [2.75, 3.05) is 32.9 Å². The predicted octanol–water partition coefficient (Wildman–Crippen LogP) is -0.159. The molecule has 0 heterocycles. The Balaban J connectivity index is 3.78. The van der Waals surface area contributed by atoms with Crippen LogP contribution in [0, 0.1) is 5.41 Å². The fraction of sp³-hybridized carbons (Fsp3) is 1.00. The molecular formula is C10H25N3O2S. The van der Waals surface area contributed by atoms with Gasteiger partial charge in [-0.25, -0.2) is 12.7 Å². The van der Waals surface area contributed by atoms with Crippen LogP contribution in [0.3, 0.4) is 0 Å². The number of sulfonamides is 1. The molecule has 16 heavy (non-hydrogen) atoms. The molecule has 98 valence electrons. The van der Waals surface area contributed by atoms with Gasteiger partial charge in [-0.3, -0.25) is 0 Å². The first-order valence-electron chi connectivity index (χ1n) is 5.42. The Bertz CT molecular complexity index is 296. The van der Waals surface area contributed by atoms with Crippen molar-refractivity contribution in [1.82, 2.24) is 9.62 Å². The molecule has 0 aliphatic heterocycles. The van der Waals surface area contributed by atoms with Crippen molar-refractivity contribution in [3.63, 3.8) is 0 Å². The van der Waals surface area contributed by atoms with Crippen molar-refractivity contribution in [3.8, 4) is 0 Å². The highest BCUT2D eigenvalue weighted by Crippen LogP contribution is 2.16. The summed E-state index contributed by atoms with van der Waals surface area (Å²) in [5, 5.41) is 3.16. The molecule has 0 aromatic carbocycles. The van der Waals surface area contributed by atoms with Crippen molar-refractivity contribution < 1.29 is 8.42 Å². The summed E-state index contributed by atoms with van der Waals surface area (Å²) in [4.78, 5) is 0. The fourth-order valence-corrected chi connectivity index (χ4v) is 1.39. The van der Waals surface area contributed by atoms with E-state index in [9.17, 15) is 8.42 Å². The molecule has 0 radical (unpaired) electrons. The first kappa shape index (κ1) is 15.8. The average Bonchev–Trinajstić information content (AvgIpc) is 2.08. The number of likely N-dealkylation sites (N-methyl/N-ethyl adjacent to an activating group) is 1. The molecule has 1 atom stereocenters. The highest BCUT2D eigenvalue weighted by atomic mass is 32.2. The second-order valence-corrected chi connectivity index (χ2v) is 7.35. The lowest BCUT2D eigenvalue weighted by molar-refractivity contribution is 0.307. The number of nitrogens with zero attached hydrogens (tertiary/aromatic N) is 1. The first-order valence-corrected chi connectivity index (χ1v) is 7.27. The van der Waals surface area contributed by atoms with E-state index in [2.05, 4.69) is 26.1 Å². The molecule has 0 aromatic rings. The van der Waals surface area contributed by atoms with Crippen molar-refractivity contribution in [2.45, 2.75) is 26.8 Å². The Hall–Kier alpha value is -0.170. The maximum absolute atomic E-state index is 11.1. The van der Waals surface area contributed by atoms with Gasteiger partial charge in [-0.2, -0.15) is 0 Å². The Labute approximate surface area is 99.4 Å². The molecule has 0 bridgehead atoms. The van der Waals surface area contributed by atoms with Gasteiger partial charge >= 0.3 is 0 Å². The van der Waals surface area contributed by atoms with Crippen molar-refractivity contribution in [3.05, 3.63) is 0 Å². The maximum Gasteiger partial charge on any atom is 0.210 e. The van der Waals surface area contributed by atoms with Crippen LogP contribution < -0.4 is 11.1 Å². The lowest BCUT2D eigenvalue weighted by Crippen LogP contribution is -2.45. The number of hydrogen-bond acceptors (Lipinski definition) is 4. The van der Waals surface area contributed by atoms with Gasteiger partial charge in [0.15, 0.2) is 0 Å². The minimum absolute atomic E-state index is 0.0652. The minimum atomic E-state index is -3.07. The molecule has 6 heteroatoms. The molecule has 3 N–H and O–H groups in total. The SMILES string of the molecule is CN(CCNC[C@@H](N)C(C)(C)C)S(C)(=O)=O. The van der Waals surface area contributed by atoms with Crippen LogP contribution in [-0.4, -0.2) is 51.7 Å². The highest BCUT2D eigenvalue weighted by Gasteiger charge is 2.19. The monoisotopic (exact) mass is 251 g/mol. The van der Waals surface area contributed by atoms with Gasteiger partial charge in [0.05, 0.1) is 6.26 Å². The van der Waals surface area contributed by atoms with Crippen LogP contribution >= 0.6 is 0 Å². The van der Waals surface area contributed by atoms with E-state index in [0.717, 1.165) is 0 Å². The van der Waals surface area contributed by atoms with Gasteiger partial charge in [-0.15, -0.1) is 0 Å². The predicted molar refractivity (Wildman–Crippen MR) is 67.8 cm³/mol. The quantitative estimate of drug-likeness (QED) is 0.643. The third-order valence-electron chi connectivity index (χ3n) is 2.65. The van der Waals surface area contributed by atoms with Crippen LogP contribution in [0.2, 0.25) is 0 Å². The average molecular weight is 251 g/mol. The second kappa shape index (κ2) is 5.95. The van der Waals surface area contributed by atoms with E-state index in [1.165, 1.54) is 10.6 Å². The van der Waals surface area contributed by atoms with E-state index in [1.807, 2.05) is 0 Å². The van der Waals surface area contributed by atoms with E-state index in [4.69, 9.17) is 5.73 Å². The standard InChI is InChI=1S/C10H25N3O2S/c1-10(2,3)9(11)8-12-6-7-13(4)16(5,14)15/h9,12H,6-8,11H2,1-5H3/t9-/m1/s1. The molecule has 0 aliphatic rings. The number of nitrogens with one attached hydrogen (secondary N) is 1. The highest BCUT2D eigenvalue weighted by molar-refractivity contribution is 7.88. The van der Waals surface area contributed by atoms with E-state index < -0.39 is 10.0 Å². The normalized spacial score (nSPS) is 15.4. The third-order valence-corrected chi connectivity index (χ3v) is 3.96. The van der Waals surface area contributed by atoms with E-state index in [1.54, 1.807) is 7.05 Å². The lowest BCUT2D eigenvalue weighted by atomic mass is 9.87. The number of rotatable bonds is 6. The van der Waals surface area contributed by atoms with Crippen LogP contribution in [0.25, 0.3) is 0 Å². The summed E-state index contributed by atoms with van der Waals surface area (Å²) in [6.07, 6.45) is 1.20. The molecule has 0 unspecified atom stereocenters. The van der Waals surface area contributed by atoms with E-state index >= 15 is 0 Å². The smallest absolute Gasteiger partial charge is 0.210 e. The van der Waals surface area contributed by atoms with Gasteiger partial charge in [-0.1, -0.05) is 20.8 Å². The van der Waals surface area contributed by atoms with Gasteiger partial charge in [-0.05, 0) is 5.41 Å². The van der Waals surface area contributed by atoms with E-state index in [0.29, 0.717) is 19.6 Å². The van der Waals surface area contributed by atoms with Crippen LogP contribution in [0.1, 0.15) is 20.8 Å². The van der Waals surface area contributed by atoms with Crippen LogP contribution in [-0.2, 0) is 10.0 Å². The number of hydrogen-bond donors (Lipinski definition) is 2. The largest absolute Gasteiger partial charge is 0.326 e. The summed E-state index contributed by atoms with van der Waals surface area (Å²) in [7, 11) is -1.50. The van der Waals surface area contributed by atoms with Gasteiger partial charge in [0.2, 0.25) is 10.0 Å². The molecule has 0 saturated heterocycles. The molecule has 0 amide bonds. The zero-order valence-corrected chi connectivity index (χ0v) is 11.8. The molecule has 0 rings (SSSR count). The fourth-order valence-electron chi connectivity index (χ4n) is 0.966. The van der Waals surface area contributed by atoms with Crippen molar-refractivity contribution >= 4 is 10.0 Å². The first-order chi connectivity index (χ1) is 7.05. The third kappa shape index (κ3) is 6.42. The molecule has 5 nitrogen and oxygen atoms in total. The summed E-state index contributed by atoms with van der Waals surface area (Å²) in [6, 6.07) is 0.0658. The molecule has 0 aromatic heterocycles. The molecule has 0 aliphatic carbocycles. The Kier molecular flexibility index (Phi) is 5.89. The van der Waals surface area contributed by atoms with Gasteiger partial charge in [0.25, 0.3) is 0 Å². The van der Waals surface area contributed by atoms with Gasteiger partial charge in [0.1, 0.15) is 0 Å². The van der Waals surface area contributed by atoms with E-state index in [-0.39, 0.29) is 11.5 Å². The molecule has 0 saturated carbocycles. The summed E-state index contributed by atoms with van der Waals surface area (Å²) in [5.74, 6) is 0. The van der Waals surface area contributed by atoms with Gasteiger partial charge in [0, 0.05) is 32.7 Å². The second-order valence-electron chi connectivity index (χ2n) is 5.26. The summed E-state index contributed by atoms with van der Waals surface area (Å²) < 4.78 is 23.5. The Morgan fingerprint density at radius 3 is 2.25 bits per heavy atom. The van der Waals surface area contributed by atoms with Crippen LogP contribution in [0.5, 0.6) is 0 Å². The van der Waals surface area contributed by atoms with Crippen molar-refractivity contribution in [2.24, 2.45) is 11.1 Å². The summed E-state index contributed by atoms with van der Waals surface area (Å²) >= 11 is 0. The number of nitrogens with two attached hydrogens (primary N) is 1. The van der Waals surface area contributed by atoms with Gasteiger partial charge < -0.3 is 11.1 Å². The summed E-state index contributed by atoms with van der Waals surface area (Å²) in [5.41, 5.74) is 6.02. The zero-order valence-electron chi connectivity index (χ0n) is 10.9. The molecule has 0 fully saturated rings. The summed E-state index contributed by atoms with van der Waals surface area (Å²) in [6.45, 7) is 8.04. The molecule has 0 spiro atoms. The topological polar surface area (TPSA) is 75.4 Å². The zero-order chi connectivity index (χ0) is 13.0. The lowest BCUT2D eigenvalue weighted by Gasteiger charge is -2.27. The van der Waals surface area contributed by atoms with Crippen LogP contribution in [0.4, 0.5) is 0 Å².